The van der Waals surface area contributed by atoms with Crippen LogP contribution in [0.15, 0.2) is 12.3 Å². The molecular formula is C20H26F3N5O3S. The summed E-state index contributed by atoms with van der Waals surface area (Å²) >= 11 is 0.587. The Morgan fingerprint density at radius 1 is 1.16 bits per heavy atom. The van der Waals surface area contributed by atoms with E-state index in [0.29, 0.717) is 17.9 Å². The molecule has 2 heterocycles. The van der Waals surface area contributed by atoms with Crippen molar-refractivity contribution in [3.05, 3.63) is 28.5 Å². The van der Waals surface area contributed by atoms with Gasteiger partial charge >= 0.3 is 6.18 Å². The molecule has 0 bridgehead atoms. The molecule has 0 radical (unpaired) electrons. The molecule has 176 valence electrons. The summed E-state index contributed by atoms with van der Waals surface area (Å²) in [7, 11) is 0. The first-order chi connectivity index (χ1) is 14.5. The summed E-state index contributed by atoms with van der Waals surface area (Å²) in [6, 6.07) is 0.847. The third-order valence-electron chi connectivity index (χ3n) is 3.99. The van der Waals surface area contributed by atoms with E-state index in [-0.39, 0.29) is 27.7 Å². The molecule has 0 saturated carbocycles. The Hall–Kier alpha value is -2.73. The van der Waals surface area contributed by atoms with Gasteiger partial charge in [-0.2, -0.15) is 13.2 Å². The lowest BCUT2D eigenvalue weighted by Crippen LogP contribution is -2.38. The van der Waals surface area contributed by atoms with Crippen LogP contribution in [0.2, 0.25) is 0 Å². The van der Waals surface area contributed by atoms with Crippen molar-refractivity contribution in [1.82, 2.24) is 15.3 Å². The molecular weight excluding hydrogens is 447 g/mol. The van der Waals surface area contributed by atoms with E-state index in [1.165, 1.54) is 13.8 Å². The SMILES string of the molecule is CC(C)(C)CNc1cc(C(F)(F)F)c(-c2sc(C(=O)NCC(C)(C)O)nc2C(N)=O)cn1. The van der Waals surface area contributed by atoms with Crippen LogP contribution in [0.5, 0.6) is 0 Å². The molecule has 0 saturated heterocycles. The normalized spacial score (nSPS) is 12.5. The fourth-order valence-corrected chi connectivity index (χ4v) is 3.47. The van der Waals surface area contributed by atoms with E-state index in [4.69, 9.17) is 5.73 Å². The molecule has 2 aromatic rings. The number of aromatic nitrogens is 2. The van der Waals surface area contributed by atoms with Crippen molar-refractivity contribution in [3.63, 3.8) is 0 Å². The van der Waals surface area contributed by atoms with Crippen LogP contribution < -0.4 is 16.4 Å². The van der Waals surface area contributed by atoms with Crippen molar-refractivity contribution in [2.45, 2.75) is 46.4 Å². The molecule has 0 unspecified atom stereocenters. The number of alkyl halides is 3. The Morgan fingerprint density at radius 3 is 2.28 bits per heavy atom. The largest absolute Gasteiger partial charge is 0.417 e. The fraction of sp³-hybridized carbons (Fsp3) is 0.500. The number of carbonyl (C=O) groups is 2. The van der Waals surface area contributed by atoms with Crippen LogP contribution in [0.1, 0.15) is 60.5 Å². The molecule has 0 aliphatic rings. The van der Waals surface area contributed by atoms with Gasteiger partial charge in [0.05, 0.1) is 16.0 Å². The number of amides is 2. The van der Waals surface area contributed by atoms with Gasteiger partial charge in [0.15, 0.2) is 5.01 Å². The molecule has 0 aliphatic heterocycles. The highest BCUT2D eigenvalue weighted by Gasteiger charge is 2.36. The number of nitrogens with one attached hydrogen (secondary N) is 2. The van der Waals surface area contributed by atoms with Gasteiger partial charge in [-0.05, 0) is 25.3 Å². The molecule has 0 atom stereocenters. The third-order valence-corrected chi connectivity index (χ3v) is 5.08. The summed E-state index contributed by atoms with van der Waals surface area (Å²) in [4.78, 5) is 31.9. The maximum Gasteiger partial charge on any atom is 0.417 e. The summed E-state index contributed by atoms with van der Waals surface area (Å²) < 4.78 is 41.5. The maximum atomic E-state index is 13.8. The van der Waals surface area contributed by atoms with Crippen molar-refractivity contribution in [2.24, 2.45) is 11.1 Å². The number of nitrogens with two attached hydrogens (primary N) is 1. The Morgan fingerprint density at radius 2 is 1.78 bits per heavy atom. The average Bonchev–Trinajstić information content (AvgIpc) is 3.08. The van der Waals surface area contributed by atoms with Gasteiger partial charge in [-0.1, -0.05) is 20.8 Å². The number of hydrogen-bond donors (Lipinski definition) is 4. The molecule has 0 fully saturated rings. The van der Waals surface area contributed by atoms with Gasteiger partial charge in [0.1, 0.15) is 11.5 Å². The zero-order valence-electron chi connectivity index (χ0n) is 18.3. The predicted octanol–water partition coefficient (Wildman–Crippen LogP) is 3.28. The Bertz CT molecular complexity index is 1010. The smallest absolute Gasteiger partial charge is 0.389 e. The van der Waals surface area contributed by atoms with Gasteiger partial charge in [0.25, 0.3) is 11.8 Å². The third kappa shape index (κ3) is 6.89. The topological polar surface area (TPSA) is 130 Å². The second kappa shape index (κ2) is 9.02. The Balaban J connectivity index is 2.52. The maximum absolute atomic E-state index is 13.8. The zero-order chi connectivity index (χ0) is 24.5. The number of anilines is 1. The first-order valence-corrected chi connectivity index (χ1v) is 10.4. The van der Waals surface area contributed by atoms with E-state index in [0.717, 1.165) is 12.3 Å². The van der Waals surface area contributed by atoms with Crippen molar-refractivity contribution in [3.8, 4) is 10.4 Å². The van der Waals surface area contributed by atoms with Crippen molar-refractivity contribution >= 4 is 29.0 Å². The number of nitrogens with zero attached hydrogens (tertiary/aromatic N) is 2. The highest BCUT2D eigenvalue weighted by Crippen LogP contribution is 2.41. The summed E-state index contributed by atoms with van der Waals surface area (Å²) in [6.07, 6.45) is -3.79. The quantitative estimate of drug-likeness (QED) is 0.488. The van der Waals surface area contributed by atoms with Crippen molar-refractivity contribution in [2.75, 3.05) is 18.4 Å². The molecule has 2 rings (SSSR count). The molecule has 0 aromatic carbocycles. The van der Waals surface area contributed by atoms with Gasteiger partial charge in [0.2, 0.25) is 0 Å². The van der Waals surface area contributed by atoms with Gasteiger partial charge in [0, 0.05) is 24.8 Å². The lowest BCUT2D eigenvalue weighted by atomic mass is 9.97. The highest BCUT2D eigenvalue weighted by molar-refractivity contribution is 7.17. The highest BCUT2D eigenvalue weighted by atomic mass is 32.1. The number of aliphatic hydroxyl groups is 1. The summed E-state index contributed by atoms with van der Waals surface area (Å²) in [5, 5.41) is 14.8. The first-order valence-electron chi connectivity index (χ1n) is 9.60. The van der Waals surface area contributed by atoms with E-state index in [1.807, 2.05) is 20.8 Å². The van der Waals surface area contributed by atoms with Crippen LogP contribution in [-0.4, -0.2) is 45.6 Å². The fourth-order valence-electron chi connectivity index (χ4n) is 2.46. The van der Waals surface area contributed by atoms with Gasteiger partial charge in [-0.25, -0.2) is 9.97 Å². The molecule has 5 N–H and O–H groups in total. The number of hydrogen-bond acceptors (Lipinski definition) is 7. The zero-order valence-corrected chi connectivity index (χ0v) is 19.2. The van der Waals surface area contributed by atoms with Gasteiger partial charge in [-0.15, -0.1) is 11.3 Å². The molecule has 12 heteroatoms. The minimum absolute atomic E-state index is 0.0179. The molecule has 32 heavy (non-hydrogen) atoms. The van der Waals surface area contributed by atoms with Crippen LogP contribution >= 0.6 is 11.3 Å². The number of pyridine rings is 1. The Kier molecular flexibility index (Phi) is 7.20. The monoisotopic (exact) mass is 473 g/mol. The van der Waals surface area contributed by atoms with Crippen LogP contribution in [0.25, 0.3) is 10.4 Å². The lowest BCUT2D eigenvalue weighted by molar-refractivity contribution is -0.137. The molecule has 2 aromatic heterocycles. The van der Waals surface area contributed by atoms with Crippen LogP contribution in [-0.2, 0) is 6.18 Å². The average molecular weight is 474 g/mol. The standard InChI is InChI=1S/C20H26F3N5O3S/c1-18(2,3)8-26-12-6-11(20(21,22)23)10(7-25-12)14-13(15(24)29)28-17(32-14)16(30)27-9-19(4,5)31/h6-7,31H,8-9H2,1-5H3,(H2,24,29)(H,25,26)(H,27,30). The molecule has 8 nitrogen and oxygen atoms in total. The number of carbonyl (C=O) groups excluding carboxylic acids is 2. The predicted molar refractivity (Wildman–Crippen MR) is 115 cm³/mol. The summed E-state index contributed by atoms with van der Waals surface area (Å²) in [5.74, 6) is -1.82. The lowest BCUT2D eigenvalue weighted by Gasteiger charge is -2.20. The summed E-state index contributed by atoms with van der Waals surface area (Å²) in [6.45, 7) is 8.93. The molecule has 0 aliphatic carbocycles. The van der Waals surface area contributed by atoms with Gasteiger partial charge in [-0.3, -0.25) is 9.59 Å². The molecule has 0 spiro atoms. The number of halogens is 3. The Labute approximate surface area is 187 Å². The first kappa shape index (κ1) is 25.5. The van der Waals surface area contributed by atoms with Crippen LogP contribution in [0, 0.1) is 5.41 Å². The van der Waals surface area contributed by atoms with Crippen LogP contribution in [0.4, 0.5) is 19.0 Å². The number of primary amides is 1. The second-order valence-electron chi connectivity index (χ2n) is 9.08. The van der Waals surface area contributed by atoms with E-state index >= 15 is 0 Å². The minimum atomic E-state index is -4.77. The molecule has 2 amide bonds. The van der Waals surface area contributed by atoms with E-state index in [2.05, 4.69) is 20.6 Å². The number of thiazole rings is 1. The van der Waals surface area contributed by atoms with Crippen molar-refractivity contribution in [1.29, 1.82) is 0 Å². The van der Waals surface area contributed by atoms with E-state index < -0.39 is 40.4 Å². The van der Waals surface area contributed by atoms with Gasteiger partial charge < -0.3 is 21.5 Å². The minimum Gasteiger partial charge on any atom is -0.389 e. The van der Waals surface area contributed by atoms with E-state index in [1.54, 1.807) is 0 Å². The van der Waals surface area contributed by atoms with Crippen LogP contribution in [0.3, 0.4) is 0 Å². The second-order valence-corrected chi connectivity index (χ2v) is 10.1. The summed E-state index contributed by atoms with van der Waals surface area (Å²) in [5.41, 5.74) is 1.98. The number of rotatable bonds is 7. The van der Waals surface area contributed by atoms with E-state index in [9.17, 15) is 27.9 Å². The van der Waals surface area contributed by atoms with Crippen molar-refractivity contribution < 1.29 is 27.9 Å².